The van der Waals surface area contributed by atoms with Crippen molar-refractivity contribution in [2.45, 2.75) is 26.3 Å². The Morgan fingerprint density at radius 2 is 2.29 bits per heavy atom. The van der Waals surface area contributed by atoms with E-state index in [1.54, 1.807) is 7.11 Å². The van der Waals surface area contributed by atoms with Gasteiger partial charge in [0.05, 0.1) is 16.8 Å². The highest BCUT2D eigenvalue weighted by molar-refractivity contribution is 7.22. The third-order valence-electron chi connectivity index (χ3n) is 3.57. The zero-order valence-corrected chi connectivity index (χ0v) is 13.4. The number of hydrogen-bond acceptors (Lipinski definition) is 5. The van der Waals surface area contributed by atoms with E-state index in [4.69, 9.17) is 10.5 Å². The van der Waals surface area contributed by atoms with E-state index in [1.807, 2.05) is 23.1 Å². The SMILES string of the molecule is CCC(C)N(CCOC)C(=O)c1ccc2nc(N)sc2c1. The fourth-order valence-electron chi connectivity index (χ4n) is 2.17. The molecule has 0 saturated carbocycles. The fraction of sp³-hybridized carbons (Fsp3) is 0.467. The van der Waals surface area contributed by atoms with Crippen LogP contribution >= 0.6 is 11.3 Å². The number of nitrogens with two attached hydrogens (primary N) is 1. The number of aromatic nitrogens is 1. The van der Waals surface area contributed by atoms with Gasteiger partial charge in [-0.3, -0.25) is 4.79 Å². The van der Waals surface area contributed by atoms with Crippen molar-refractivity contribution in [3.63, 3.8) is 0 Å². The first kappa shape index (κ1) is 15.7. The van der Waals surface area contributed by atoms with Crippen LogP contribution in [0.4, 0.5) is 5.13 Å². The summed E-state index contributed by atoms with van der Waals surface area (Å²) in [4.78, 5) is 18.8. The van der Waals surface area contributed by atoms with Crippen molar-refractivity contribution in [2.24, 2.45) is 0 Å². The number of methoxy groups -OCH3 is 1. The van der Waals surface area contributed by atoms with Gasteiger partial charge in [-0.1, -0.05) is 18.3 Å². The molecule has 0 aliphatic carbocycles. The van der Waals surface area contributed by atoms with Crippen LogP contribution in [0.1, 0.15) is 30.6 Å². The molecule has 1 aromatic heterocycles. The molecule has 0 saturated heterocycles. The lowest BCUT2D eigenvalue weighted by atomic mass is 10.1. The van der Waals surface area contributed by atoms with Crippen molar-refractivity contribution in [3.05, 3.63) is 23.8 Å². The van der Waals surface area contributed by atoms with E-state index in [9.17, 15) is 4.79 Å². The Morgan fingerprint density at radius 3 is 2.95 bits per heavy atom. The minimum absolute atomic E-state index is 0.0234. The average molecular weight is 307 g/mol. The highest BCUT2D eigenvalue weighted by atomic mass is 32.1. The maximum Gasteiger partial charge on any atom is 0.254 e. The van der Waals surface area contributed by atoms with Gasteiger partial charge in [0.25, 0.3) is 5.91 Å². The maximum absolute atomic E-state index is 12.7. The summed E-state index contributed by atoms with van der Waals surface area (Å²) in [6.07, 6.45) is 0.908. The Labute approximate surface area is 128 Å². The van der Waals surface area contributed by atoms with Crippen LogP contribution in [-0.2, 0) is 4.74 Å². The summed E-state index contributed by atoms with van der Waals surface area (Å²) in [7, 11) is 1.64. The first-order valence-electron chi connectivity index (χ1n) is 7.02. The number of rotatable bonds is 6. The molecule has 5 nitrogen and oxygen atoms in total. The predicted molar refractivity (Wildman–Crippen MR) is 86.7 cm³/mol. The second kappa shape index (κ2) is 6.87. The second-order valence-electron chi connectivity index (χ2n) is 4.98. The molecule has 0 spiro atoms. The number of anilines is 1. The monoisotopic (exact) mass is 307 g/mol. The topological polar surface area (TPSA) is 68.5 Å². The molecule has 2 aromatic rings. The quantitative estimate of drug-likeness (QED) is 0.891. The van der Waals surface area contributed by atoms with Crippen LogP contribution in [0.2, 0.25) is 0 Å². The van der Waals surface area contributed by atoms with Crippen LogP contribution in [0.3, 0.4) is 0 Å². The molecule has 0 aliphatic rings. The molecule has 0 fully saturated rings. The van der Waals surface area contributed by atoms with E-state index in [1.165, 1.54) is 11.3 Å². The van der Waals surface area contributed by atoms with E-state index in [0.717, 1.165) is 16.6 Å². The number of thiazole rings is 1. The van der Waals surface area contributed by atoms with Crippen molar-refractivity contribution in [1.29, 1.82) is 0 Å². The van der Waals surface area contributed by atoms with Crippen LogP contribution in [0.15, 0.2) is 18.2 Å². The summed E-state index contributed by atoms with van der Waals surface area (Å²) in [6.45, 7) is 5.25. The third-order valence-corrected chi connectivity index (χ3v) is 4.42. The number of benzene rings is 1. The Hall–Kier alpha value is -1.66. The van der Waals surface area contributed by atoms with Gasteiger partial charge in [0, 0.05) is 25.3 Å². The van der Waals surface area contributed by atoms with Gasteiger partial charge in [-0.05, 0) is 31.5 Å². The molecule has 0 bridgehead atoms. The normalized spacial score (nSPS) is 12.5. The number of carbonyl (C=O) groups is 1. The zero-order chi connectivity index (χ0) is 15.4. The summed E-state index contributed by atoms with van der Waals surface area (Å²) >= 11 is 1.40. The van der Waals surface area contributed by atoms with Gasteiger partial charge < -0.3 is 15.4 Å². The van der Waals surface area contributed by atoms with Crippen molar-refractivity contribution >= 4 is 32.6 Å². The van der Waals surface area contributed by atoms with Crippen LogP contribution in [-0.4, -0.2) is 42.1 Å². The summed E-state index contributed by atoms with van der Waals surface area (Å²) in [5.41, 5.74) is 7.21. The van der Waals surface area contributed by atoms with Crippen molar-refractivity contribution in [3.8, 4) is 0 Å². The van der Waals surface area contributed by atoms with Gasteiger partial charge in [-0.25, -0.2) is 4.98 Å². The first-order valence-corrected chi connectivity index (χ1v) is 7.84. The van der Waals surface area contributed by atoms with E-state index in [2.05, 4.69) is 18.8 Å². The molecule has 1 unspecified atom stereocenters. The highest BCUT2D eigenvalue weighted by Crippen LogP contribution is 2.25. The number of carbonyl (C=O) groups excluding carboxylic acids is 1. The van der Waals surface area contributed by atoms with Crippen molar-refractivity contribution < 1.29 is 9.53 Å². The molecule has 1 atom stereocenters. The van der Waals surface area contributed by atoms with E-state index in [0.29, 0.717) is 23.8 Å². The van der Waals surface area contributed by atoms with Gasteiger partial charge in [0.15, 0.2) is 5.13 Å². The number of nitrogens with zero attached hydrogens (tertiary/aromatic N) is 2. The van der Waals surface area contributed by atoms with Gasteiger partial charge in [-0.2, -0.15) is 0 Å². The number of fused-ring (bicyclic) bond motifs is 1. The average Bonchev–Trinajstić information content (AvgIpc) is 2.85. The third kappa shape index (κ3) is 3.51. The van der Waals surface area contributed by atoms with Crippen LogP contribution in [0, 0.1) is 0 Å². The molecule has 6 heteroatoms. The Morgan fingerprint density at radius 1 is 1.52 bits per heavy atom. The summed E-state index contributed by atoms with van der Waals surface area (Å²) < 4.78 is 6.05. The minimum Gasteiger partial charge on any atom is -0.383 e. The first-order chi connectivity index (χ1) is 10.1. The second-order valence-corrected chi connectivity index (χ2v) is 6.05. The highest BCUT2D eigenvalue weighted by Gasteiger charge is 2.20. The Kier molecular flexibility index (Phi) is 5.14. The molecule has 1 aromatic carbocycles. The van der Waals surface area contributed by atoms with Crippen molar-refractivity contribution in [2.75, 3.05) is 26.0 Å². The van der Waals surface area contributed by atoms with Gasteiger partial charge >= 0.3 is 0 Å². The van der Waals surface area contributed by atoms with Crippen LogP contribution in [0.25, 0.3) is 10.2 Å². The van der Waals surface area contributed by atoms with Gasteiger partial charge in [0.2, 0.25) is 0 Å². The molecule has 1 heterocycles. The number of amides is 1. The minimum atomic E-state index is 0.0234. The molecule has 1 amide bonds. The van der Waals surface area contributed by atoms with Crippen molar-refractivity contribution in [1.82, 2.24) is 9.88 Å². The fourth-order valence-corrected chi connectivity index (χ4v) is 2.95. The lowest BCUT2D eigenvalue weighted by Gasteiger charge is -2.28. The molecule has 2 rings (SSSR count). The summed E-state index contributed by atoms with van der Waals surface area (Å²) in [5, 5.41) is 0.521. The molecule has 0 radical (unpaired) electrons. The van der Waals surface area contributed by atoms with E-state index in [-0.39, 0.29) is 11.9 Å². The summed E-state index contributed by atoms with van der Waals surface area (Å²) in [5.74, 6) is 0.0234. The smallest absolute Gasteiger partial charge is 0.254 e. The Bertz CT molecular complexity index is 626. The standard InChI is InChI=1S/C15H21N3O2S/c1-4-10(2)18(7-8-20-3)14(19)11-5-6-12-13(9-11)21-15(16)17-12/h5-6,9-10H,4,7-8H2,1-3H3,(H2,16,17). The molecule has 2 N–H and O–H groups in total. The molecule has 114 valence electrons. The number of ether oxygens (including phenoxy) is 1. The molecule has 21 heavy (non-hydrogen) atoms. The van der Waals surface area contributed by atoms with Crippen LogP contribution < -0.4 is 5.73 Å². The molecular weight excluding hydrogens is 286 g/mol. The van der Waals surface area contributed by atoms with Crippen LogP contribution in [0.5, 0.6) is 0 Å². The number of nitrogen functional groups attached to an aromatic ring is 1. The lowest BCUT2D eigenvalue weighted by Crippen LogP contribution is -2.40. The summed E-state index contributed by atoms with van der Waals surface area (Å²) in [6, 6.07) is 5.70. The lowest BCUT2D eigenvalue weighted by molar-refractivity contribution is 0.0614. The number of hydrogen-bond donors (Lipinski definition) is 1. The zero-order valence-electron chi connectivity index (χ0n) is 12.6. The molecular formula is C15H21N3O2S. The van der Waals surface area contributed by atoms with Gasteiger partial charge in [0.1, 0.15) is 0 Å². The predicted octanol–water partition coefficient (Wildman–Crippen LogP) is 2.77. The van der Waals surface area contributed by atoms with E-state index >= 15 is 0 Å². The maximum atomic E-state index is 12.7. The van der Waals surface area contributed by atoms with E-state index < -0.39 is 0 Å². The molecule has 0 aliphatic heterocycles. The van der Waals surface area contributed by atoms with Gasteiger partial charge in [-0.15, -0.1) is 0 Å². The largest absolute Gasteiger partial charge is 0.383 e. The Balaban J connectivity index is 2.28.